The molecule has 27 heavy (non-hydrogen) atoms. The van der Waals surface area contributed by atoms with Crippen LogP contribution in [0.15, 0.2) is 59.5 Å². The van der Waals surface area contributed by atoms with E-state index in [9.17, 15) is 8.42 Å². The summed E-state index contributed by atoms with van der Waals surface area (Å²) in [7, 11) is -3.50. The van der Waals surface area contributed by atoms with Gasteiger partial charge in [0.25, 0.3) is 0 Å². The Morgan fingerprint density at radius 2 is 1.74 bits per heavy atom. The Balaban J connectivity index is 1.56. The average Bonchev–Trinajstić information content (AvgIpc) is 3.14. The highest BCUT2D eigenvalue weighted by Crippen LogP contribution is 2.33. The van der Waals surface area contributed by atoms with Crippen LogP contribution in [0.4, 0.5) is 0 Å². The van der Waals surface area contributed by atoms with Crippen LogP contribution in [-0.2, 0) is 14.8 Å². The van der Waals surface area contributed by atoms with Crippen molar-refractivity contribution >= 4 is 10.0 Å². The standard InChI is InChI=1S/C21H26N2O3S/c1-16-8-10-19(11-9-16)27(24,25)22-14-20-21(15-22)26-13-12-23(20)17(2)18-6-4-3-5-7-18/h3-11,17,20-21H,12-15H2,1-2H3/t17-,20+,21-/m1/s1. The molecule has 2 aliphatic rings. The second-order valence-corrected chi connectivity index (χ2v) is 9.37. The Bertz CT molecular complexity index is 883. The van der Waals surface area contributed by atoms with Gasteiger partial charge in [0.1, 0.15) is 0 Å². The topological polar surface area (TPSA) is 49.9 Å². The molecular weight excluding hydrogens is 360 g/mol. The molecule has 2 aromatic carbocycles. The molecule has 0 bridgehead atoms. The van der Waals surface area contributed by atoms with Crippen LogP contribution in [0.2, 0.25) is 0 Å². The van der Waals surface area contributed by atoms with Crippen molar-refractivity contribution in [2.45, 2.75) is 36.9 Å². The molecule has 0 radical (unpaired) electrons. The first-order valence-corrected chi connectivity index (χ1v) is 10.9. The maximum absolute atomic E-state index is 13.1. The first kappa shape index (κ1) is 18.6. The van der Waals surface area contributed by atoms with Gasteiger partial charge in [-0.3, -0.25) is 4.90 Å². The molecular formula is C21H26N2O3S. The largest absolute Gasteiger partial charge is 0.374 e. The smallest absolute Gasteiger partial charge is 0.243 e. The van der Waals surface area contributed by atoms with E-state index in [4.69, 9.17) is 4.74 Å². The zero-order valence-corrected chi connectivity index (χ0v) is 16.6. The Morgan fingerprint density at radius 3 is 2.44 bits per heavy atom. The van der Waals surface area contributed by atoms with Gasteiger partial charge in [-0.15, -0.1) is 0 Å². The fourth-order valence-corrected chi connectivity index (χ4v) is 5.61. The lowest BCUT2D eigenvalue weighted by Crippen LogP contribution is -2.51. The Morgan fingerprint density at radius 1 is 1.04 bits per heavy atom. The van der Waals surface area contributed by atoms with E-state index >= 15 is 0 Å². The van der Waals surface area contributed by atoms with Crippen molar-refractivity contribution < 1.29 is 13.2 Å². The average molecular weight is 387 g/mol. The number of fused-ring (bicyclic) bond motifs is 1. The van der Waals surface area contributed by atoms with Gasteiger partial charge in [0.15, 0.2) is 0 Å². The number of hydrogen-bond acceptors (Lipinski definition) is 4. The molecule has 0 unspecified atom stereocenters. The highest BCUT2D eigenvalue weighted by atomic mass is 32.2. The van der Waals surface area contributed by atoms with Gasteiger partial charge >= 0.3 is 0 Å². The molecule has 2 aromatic rings. The molecule has 0 aromatic heterocycles. The predicted octanol–water partition coefficient (Wildman–Crippen LogP) is 2.83. The summed E-state index contributed by atoms with van der Waals surface area (Å²) in [6.45, 7) is 6.48. The maximum atomic E-state index is 13.1. The van der Waals surface area contributed by atoms with Crippen molar-refractivity contribution in [2.24, 2.45) is 0 Å². The fraction of sp³-hybridized carbons (Fsp3) is 0.429. The minimum absolute atomic E-state index is 0.0779. The lowest BCUT2D eigenvalue weighted by atomic mass is 10.0. The molecule has 2 aliphatic heterocycles. The van der Waals surface area contributed by atoms with Gasteiger partial charge in [0.2, 0.25) is 10.0 Å². The minimum atomic E-state index is -3.50. The SMILES string of the molecule is Cc1ccc(S(=O)(=O)N2C[C@H]3OCCN([C@H](C)c4ccccc4)[C@H]3C2)cc1. The number of rotatable bonds is 4. The third-order valence-electron chi connectivity index (χ3n) is 5.75. The van der Waals surface area contributed by atoms with Gasteiger partial charge in [-0.25, -0.2) is 8.42 Å². The van der Waals surface area contributed by atoms with Gasteiger partial charge < -0.3 is 4.74 Å². The second kappa shape index (κ2) is 7.36. The van der Waals surface area contributed by atoms with Crippen molar-refractivity contribution in [1.82, 2.24) is 9.21 Å². The normalized spacial score (nSPS) is 25.3. The van der Waals surface area contributed by atoms with E-state index in [1.165, 1.54) is 5.56 Å². The van der Waals surface area contributed by atoms with E-state index < -0.39 is 10.0 Å². The van der Waals surface area contributed by atoms with E-state index in [1.807, 2.05) is 37.3 Å². The van der Waals surface area contributed by atoms with Gasteiger partial charge in [-0.05, 0) is 31.5 Å². The van der Waals surface area contributed by atoms with Crippen molar-refractivity contribution in [2.75, 3.05) is 26.2 Å². The molecule has 3 atom stereocenters. The molecule has 5 nitrogen and oxygen atoms in total. The minimum Gasteiger partial charge on any atom is -0.374 e. The van der Waals surface area contributed by atoms with E-state index in [1.54, 1.807) is 16.4 Å². The molecule has 4 rings (SSSR count). The zero-order chi connectivity index (χ0) is 19.0. The van der Waals surface area contributed by atoms with Crippen LogP contribution < -0.4 is 0 Å². The number of aryl methyl sites for hydroxylation is 1. The zero-order valence-electron chi connectivity index (χ0n) is 15.8. The molecule has 0 N–H and O–H groups in total. The number of sulfonamides is 1. The van der Waals surface area contributed by atoms with Crippen molar-refractivity contribution in [1.29, 1.82) is 0 Å². The van der Waals surface area contributed by atoms with Gasteiger partial charge in [0.05, 0.1) is 23.6 Å². The predicted molar refractivity (Wildman–Crippen MR) is 105 cm³/mol. The van der Waals surface area contributed by atoms with E-state index in [0.29, 0.717) is 24.6 Å². The number of benzene rings is 2. The van der Waals surface area contributed by atoms with E-state index in [0.717, 1.165) is 12.1 Å². The molecule has 0 saturated carbocycles. The lowest BCUT2D eigenvalue weighted by molar-refractivity contribution is -0.0614. The highest BCUT2D eigenvalue weighted by Gasteiger charge is 2.45. The number of morpholine rings is 1. The summed E-state index contributed by atoms with van der Waals surface area (Å²) in [6, 6.07) is 17.7. The molecule has 0 amide bonds. The quantitative estimate of drug-likeness (QED) is 0.811. The van der Waals surface area contributed by atoms with E-state index in [-0.39, 0.29) is 18.2 Å². The molecule has 0 aliphatic carbocycles. The molecule has 2 saturated heterocycles. The highest BCUT2D eigenvalue weighted by molar-refractivity contribution is 7.89. The summed E-state index contributed by atoms with van der Waals surface area (Å²) in [5.41, 5.74) is 2.30. The molecule has 0 spiro atoms. The van der Waals surface area contributed by atoms with Crippen LogP contribution in [0.25, 0.3) is 0 Å². The number of hydrogen-bond donors (Lipinski definition) is 0. The Hall–Kier alpha value is -1.73. The van der Waals surface area contributed by atoms with Gasteiger partial charge in [-0.1, -0.05) is 48.0 Å². The van der Waals surface area contributed by atoms with Crippen LogP contribution >= 0.6 is 0 Å². The second-order valence-electron chi connectivity index (χ2n) is 7.44. The summed E-state index contributed by atoms with van der Waals surface area (Å²) < 4.78 is 33.7. The van der Waals surface area contributed by atoms with E-state index in [2.05, 4.69) is 24.0 Å². The number of nitrogens with zero attached hydrogens (tertiary/aromatic N) is 2. The van der Waals surface area contributed by atoms with Crippen molar-refractivity contribution in [3.05, 3.63) is 65.7 Å². The summed E-state index contributed by atoms with van der Waals surface area (Å²) in [5.74, 6) is 0. The Labute approximate surface area is 161 Å². The van der Waals surface area contributed by atoms with Crippen molar-refractivity contribution in [3.63, 3.8) is 0 Å². The van der Waals surface area contributed by atoms with Crippen LogP contribution in [0.5, 0.6) is 0 Å². The third-order valence-corrected chi connectivity index (χ3v) is 7.59. The maximum Gasteiger partial charge on any atom is 0.243 e. The first-order valence-electron chi connectivity index (χ1n) is 9.46. The van der Waals surface area contributed by atoms with Crippen LogP contribution in [0.1, 0.15) is 24.1 Å². The lowest BCUT2D eigenvalue weighted by Gasteiger charge is -2.40. The summed E-state index contributed by atoms with van der Waals surface area (Å²) in [5, 5.41) is 0. The monoisotopic (exact) mass is 386 g/mol. The van der Waals surface area contributed by atoms with Crippen LogP contribution in [0.3, 0.4) is 0 Å². The summed E-state index contributed by atoms with van der Waals surface area (Å²) in [6.07, 6.45) is -0.0786. The fourth-order valence-electron chi connectivity index (χ4n) is 4.14. The molecule has 6 heteroatoms. The number of ether oxygens (including phenoxy) is 1. The van der Waals surface area contributed by atoms with Gasteiger partial charge in [0, 0.05) is 25.7 Å². The van der Waals surface area contributed by atoms with Crippen LogP contribution in [0, 0.1) is 6.92 Å². The Kier molecular flexibility index (Phi) is 5.07. The molecule has 2 fully saturated rings. The molecule has 144 valence electrons. The molecule has 2 heterocycles. The van der Waals surface area contributed by atoms with Gasteiger partial charge in [-0.2, -0.15) is 4.31 Å². The first-order chi connectivity index (χ1) is 13.0. The summed E-state index contributed by atoms with van der Waals surface area (Å²) in [4.78, 5) is 2.75. The van der Waals surface area contributed by atoms with Crippen molar-refractivity contribution in [3.8, 4) is 0 Å². The summed E-state index contributed by atoms with van der Waals surface area (Å²) >= 11 is 0. The van der Waals surface area contributed by atoms with Crippen LogP contribution in [-0.4, -0.2) is 56.0 Å². The third kappa shape index (κ3) is 3.55.